The molecule has 6 nitrogen and oxygen atoms in total. The van der Waals surface area contributed by atoms with Gasteiger partial charge in [0.25, 0.3) is 0 Å². The molecule has 3 N–H and O–H groups in total. The van der Waals surface area contributed by atoms with Crippen molar-refractivity contribution in [1.82, 2.24) is 10.6 Å². The van der Waals surface area contributed by atoms with Crippen molar-refractivity contribution in [3.05, 3.63) is 35.4 Å². The third-order valence-corrected chi connectivity index (χ3v) is 1.94. The highest BCUT2D eigenvalue weighted by Crippen LogP contribution is 2.05. The molecule has 0 saturated carbocycles. The Hall–Kier alpha value is -2.08. The van der Waals surface area contributed by atoms with Crippen LogP contribution in [0.4, 0.5) is 4.79 Å². The summed E-state index contributed by atoms with van der Waals surface area (Å²) in [6.07, 6.45) is 0. The number of hydrogen-bond acceptors (Lipinski definition) is 4. The van der Waals surface area contributed by atoms with Crippen molar-refractivity contribution in [1.29, 1.82) is 0 Å². The van der Waals surface area contributed by atoms with Gasteiger partial charge in [-0.3, -0.25) is 4.79 Å². The fraction of sp³-hybridized carbons (Fsp3) is 0.200. The number of benzene rings is 1. The Kier molecular flexibility index (Phi) is 4.28. The number of hydrazine groups is 1. The van der Waals surface area contributed by atoms with E-state index in [-0.39, 0.29) is 13.0 Å². The maximum absolute atomic E-state index is 11.0. The molecule has 0 aliphatic carbocycles. The Morgan fingerprint density at radius 3 is 2.62 bits per heavy atom. The summed E-state index contributed by atoms with van der Waals surface area (Å²) in [5.41, 5.74) is 9.19. The van der Waals surface area contributed by atoms with Crippen LogP contribution in [0.25, 0.3) is 0 Å². The van der Waals surface area contributed by atoms with Gasteiger partial charge in [0.15, 0.2) is 0 Å². The fourth-order valence-electron chi connectivity index (χ4n) is 1.12. The van der Waals surface area contributed by atoms with Crippen LogP contribution in [0.5, 0.6) is 0 Å². The number of hydrogen-bond donors (Lipinski definition) is 2. The number of carbonyl (C=O) groups excluding carboxylic acids is 2. The van der Waals surface area contributed by atoms with Gasteiger partial charge >= 0.3 is 12.5 Å². The maximum Gasteiger partial charge on any atom is 0.331 e. The molecule has 0 heterocycles. The first-order valence-corrected chi connectivity index (χ1v) is 4.61. The Morgan fingerprint density at radius 2 is 2.12 bits per heavy atom. The molecule has 0 aliphatic rings. The topological polar surface area (TPSA) is 84.7 Å². The highest BCUT2D eigenvalue weighted by atomic mass is 16.7. The van der Waals surface area contributed by atoms with E-state index in [0.717, 1.165) is 16.1 Å². The van der Waals surface area contributed by atoms with Crippen molar-refractivity contribution in [3.8, 4) is 0 Å². The molecule has 0 spiro atoms. The standard InChI is InChI=1S/C10H13N3O3/c1-8-2-4-9(5-3-8)6-13(10(11)15)12-16-7-14/h2-5,7,12H,6H2,1H3,(H2,11,15). The van der Waals surface area contributed by atoms with Crippen molar-refractivity contribution in [2.45, 2.75) is 13.5 Å². The third kappa shape index (κ3) is 3.58. The van der Waals surface area contributed by atoms with Crippen molar-refractivity contribution >= 4 is 12.5 Å². The van der Waals surface area contributed by atoms with E-state index in [1.54, 1.807) is 0 Å². The molecule has 0 saturated heterocycles. The second-order valence-electron chi connectivity index (χ2n) is 3.22. The van der Waals surface area contributed by atoms with Crippen LogP contribution >= 0.6 is 0 Å². The Bertz CT molecular complexity index is 364. The van der Waals surface area contributed by atoms with Gasteiger partial charge in [0.1, 0.15) is 0 Å². The number of nitrogens with two attached hydrogens (primary N) is 1. The lowest BCUT2D eigenvalue weighted by atomic mass is 10.1. The van der Waals surface area contributed by atoms with Crippen LogP contribution in [0.3, 0.4) is 0 Å². The lowest BCUT2D eigenvalue weighted by molar-refractivity contribution is -0.145. The SMILES string of the molecule is Cc1ccc(CN(NOC=O)C(N)=O)cc1. The van der Waals surface area contributed by atoms with Crippen molar-refractivity contribution in [3.63, 3.8) is 0 Å². The molecule has 1 rings (SSSR count). The molecule has 0 aliphatic heterocycles. The highest BCUT2D eigenvalue weighted by molar-refractivity contribution is 5.71. The first kappa shape index (κ1) is 12.0. The number of nitrogens with zero attached hydrogens (tertiary/aromatic N) is 1. The lowest BCUT2D eigenvalue weighted by Crippen LogP contribution is -2.45. The predicted molar refractivity (Wildman–Crippen MR) is 56.6 cm³/mol. The number of amides is 2. The van der Waals surface area contributed by atoms with Crippen molar-refractivity contribution in [2.24, 2.45) is 5.73 Å². The van der Waals surface area contributed by atoms with Crippen LogP contribution in [0.2, 0.25) is 0 Å². The molecule has 86 valence electrons. The summed E-state index contributed by atoms with van der Waals surface area (Å²) in [5.74, 6) is 0. The molecule has 0 radical (unpaired) electrons. The Labute approximate surface area is 92.9 Å². The summed E-state index contributed by atoms with van der Waals surface area (Å²) in [6, 6.07) is 6.80. The molecule has 1 aromatic rings. The molecular formula is C10H13N3O3. The van der Waals surface area contributed by atoms with E-state index in [2.05, 4.69) is 10.4 Å². The number of primary amides is 1. The van der Waals surface area contributed by atoms with E-state index < -0.39 is 6.03 Å². The molecule has 16 heavy (non-hydrogen) atoms. The first-order chi connectivity index (χ1) is 7.63. The monoisotopic (exact) mass is 223 g/mol. The molecule has 6 heteroatoms. The number of urea groups is 1. The van der Waals surface area contributed by atoms with Gasteiger partial charge in [0.05, 0.1) is 6.54 Å². The predicted octanol–water partition coefficient (Wildman–Crippen LogP) is 0.468. The van der Waals surface area contributed by atoms with Gasteiger partial charge in [0, 0.05) is 0 Å². The van der Waals surface area contributed by atoms with Crippen LogP contribution in [0, 0.1) is 6.92 Å². The molecule has 2 amide bonds. The van der Waals surface area contributed by atoms with Crippen molar-refractivity contribution < 1.29 is 14.4 Å². The zero-order chi connectivity index (χ0) is 12.0. The second kappa shape index (κ2) is 5.72. The van der Waals surface area contributed by atoms with Gasteiger partial charge in [-0.05, 0) is 12.5 Å². The van der Waals surface area contributed by atoms with Gasteiger partial charge in [0.2, 0.25) is 0 Å². The zero-order valence-electron chi connectivity index (χ0n) is 8.84. The van der Waals surface area contributed by atoms with Crippen LogP contribution in [-0.4, -0.2) is 17.5 Å². The minimum atomic E-state index is -0.734. The van der Waals surface area contributed by atoms with E-state index in [0.29, 0.717) is 0 Å². The minimum Gasteiger partial charge on any atom is -0.354 e. The molecule has 0 aromatic heterocycles. The summed E-state index contributed by atoms with van der Waals surface area (Å²) >= 11 is 0. The Balaban J connectivity index is 2.63. The summed E-state index contributed by atoms with van der Waals surface area (Å²) in [4.78, 5) is 25.2. The summed E-state index contributed by atoms with van der Waals surface area (Å²) in [6.45, 7) is 2.35. The van der Waals surface area contributed by atoms with Crippen LogP contribution in [-0.2, 0) is 16.2 Å². The summed E-state index contributed by atoms with van der Waals surface area (Å²) < 4.78 is 0. The first-order valence-electron chi connectivity index (χ1n) is 4.61. The van der Waals surface area contributed by atoms with Gasteiger partial charge in [-0.25, -0.2) is 9.80 Å². The lowest BCUT2D eigenvalue weighted by Gasteiger charge is -2.18. The van der Waals surface area contributed by atoms with Crippen molar-refractivity contribution in [2.75, 3.05) is 0 Å². The molecule has 0 bridgehead atoms. The zero-order valence-corrected chi connectivity index (χ0v) is 8.84. The average molecular weight is 223 g/mol. The number of rotatable bonds is 5. The van der Waals surface area contributed by atoms with Gasteiger partial charge in [-0.15, -0.1) is 0 Å². The van der Waals surface area contributed by atoms with Crippen LogP contribution in [0.15, 0.2) is 24.3 Å². The van der Waals surface area contributed by atoms with Crippen LogP contribution < -0.4 is 11.3 Å². The summed E-state index contributed by atoms with van der Waals surface area (Å²) in [7, 11) is 0. The van der Waals surface area contributed by atoms with E-state index in [1.807, 2.05) is 31.2 Å². The molecule has 0 unspecified atom stereocenters. The van der Waals surface area contributed by atoms with E-state index >= 15 is 0 Å². The van der Waals surface area contributed by atoms with Gasteiger partial charge < -0.3 is 10.6 Å². The molecular weight excluding hydrogens is 210 g/mol. The summed E-state index contributed by atoms with van der Waals surface area (Å²) in [5, 5.41) is 0.985. The molecule has 1 aromatic carbocycles. The molecule has 0 fully saturated rings. The van der Waals surface area contributed by atoms with Gasteiger partial charge in [-0.2, -0.15) is 0 Å². The average Bonchev–Trinajstić information content (AvgIpc) is 2.26. The number of aryl methyl sites for hydroxylation is 1. The van der Waals surface area contributed by atoms with E-state index in [1.165, 1.54) is 0 Å². The van der Waals surface area contributed by atoms with E-state index in [4.69, 9.17) is 5.73 Å². The fourth-order valence-corrected chi connectivity index (χ4v) is 1.12. The highest BCUT2D eigenvalue weighted by Gasteiger charge is 2.10. The normalized spacial score (nSPS) is 9.56. The smallest absolute Gasteiger partial charge is 0.331 e. The third-order valence-electron chi connectivity index (χ3n) is 1.94. The maximum atomic E-state index is 11.0. The molecule has 0 atom stereocenters. The van der Waals surface area contributed by atoms with E-state index in [9.17, 15) is 9.59 Å². The Morgan fingerprint density at radius 1 is 1.50 bits per heavy atom. The number of nitrogens with one attached hydrogen (secondary N) is 1. The number of carbonyl (C=O) groups is 2. The minimum absolute atomic E-state index is 0.172. The largest absolute Gasteiger partial charge is 0.354 e. The quantitative estimate of drug-likeness (QED) is 0.561. The van der Waals surface area contributed by atoms with Gasteiger partial charge in [-0.1, -0.05) is 35.4 Å². The second-order valence-corrected chi connectivity index (χ2v) is 3.22. The van der Waals surface area contributed by atoms with Crippen LogP contribution in [0.1, 0.15) is 11.1 Å².